The van der Waals surface area contributed by atoms with Gasteiger partial charge in [0.2, 0.25) is 5.88 Å². The molecule has 0 aliphatic rings. The van der Waals surface area contributed by atoms with Crippen LogP contribution in [0.15, 0.2) is 91.3 Å². The van der Waals surface area contributed by atoms with Crippen LogP contribution in [0, 0.1) is 5.82 Å². The summed E-state index contributed by atoms with van der Waals surface area (Å²) in [5.74, 6) is 0.932. The Bertz CT molecular complexity index is 1200. The van der Waals surface area contributed by atoms with Gasteiger partial charge in [-0.05, 0) is 79.6 Å². The van der Waals surface area contributed by atoms with Crippen LogP contribution in [-0.2, 0) is 6.42 Å². The number of ether oxygens (including phenoxy) is 1. The smallest absolute Gasteiger partial charge is 0.257 e. The van der Waals surface area contributed by atoms with Crippen LogP contribution in [0.1, 0.15) is 22.8 Å². The Hall–Kier alpha value is -4.26. The highest BCUT2D eigenvalue weighted by Gasteiger charge is 2.17. The van der Waals surface area contributed by atoms with Crippen LogP contribution in [0.25, 0.3) is 0 Å². The lowest BCUT2D eigenvalue weighted by molar-refractivity contribution is 0.0937. The van der Waals surface area contributed by atoms with E-state index in [1.807, 2.05) is 37.3 Å². The molecule has 0 aliphatic heterocycles. The third kappa shape index (κ3) is 6.13. The maximum atomic E-state index is 13.1. The first-order valence-corrected chi connectivity index (χ1v) is 10.5. The maximum Gasteiger partial charge on any atom is 0.257 e. The molecule has 166 valence electrons. The fourth-order valence-corrected chi connectivity index (χ4v) is 3.27. The minimum absolute atomic E-state index is 0.159. The van der Waals surface area contributed by atoms with E-state index in [1.54, 1.807) is 48.8 Å². The fourth-order valence-electron chi connectivity index (χ4n) is 3.27. The third-order valence-electron chi connectivity index (χ3n) is 4.85. The standard InChI is InChI=1S/C26H23FN4O2/c1-18(17-19-7-9-20(27)10-8-19)30-25(32)23-5-4-16-29-26(23)33-22-13-11-21(12-14-22)31-24-6-2-3-15-28-24/h2-16,18H,17H2,1H3,(H,28,31)(H,30,32)/t18-/m1/s1. The normalized spacial score (nSPS) is 11.5. The summed E-state index contributed by atoms with van der Waals surface area (Å²) in [5.41, 5.74) is 2.13. The summed E-state index contributed by atoms with van der Waals surface area (Å²) in [5, 5.41) is 6.15. The van der Waals surface area contributed by atoms with Crippen LogP contribution in [0.3, 0.4) is 0 Å². The van der Waals surface area contributed by atoms with Gasteiger partial charge in [0.05, 0.1) is 0 Å². The van der Waals surface area contributed by atoms with Crippen LogP contribution in [0.4, 0.5) is 15.9 Å². The van der Waals surface area contributed by atoms with Gasteiger partial charge in [0.15, 0.2) is 0 Å². The van der Waals surface area contributed by atoms with Gasteiger partial charge in [-0.2, -0.15) is 0 Å². The lowest BCUT2D eigenvalue weighted by Gasteiger charge is -2.15. The van der Waals surface area contributed by atoms with E-state index >= 15 is 0 Å². The van der Waals surface area contributed by atoms with Gasteiger partial charge in [0, 0.05) is 24.1 Å². The van der Waals surface area contributed by atoms with Gasteiger partial charge >= 0.3 is 0 Å². The van der Waals surface area contributed by atoms with E-state index in [9.17, 15) is 9.18 Å². The Morgan fingerprint density at radius 2 is 1.70 bits per heavy atom. The van der Waals surface area contributed by atoms with Gasteiger partial charge in [0.1, 0.15) is 22.9 Å². The van der Waals surface area contributed by atoms with Crippen molar-refractivity contribution in [2.24, 2.45) is 0 Å². The number of nitrogens with one attached hydrogen (secondary N) is 2. The van der Waals surface area contributed by atoms with E-state index in [1.165, 1.54) is 12.1 Å². The number of carbonyl (C=O) groups excluding carboxylic acids is 1. The third-order valence-corrected chi connectivity index (χ3v) is 4.85. The molecule has 4 rings (SSSR count). The van der Waals surface area contributed by atoms with Crippen molar-refractivity contribution in [1.29, 1.82) is 0 Å². The van der Waals surface area contributed by atoms with Crippen molar-refractivity contribution in [3.63, 3.8) is 0 Å². The van der Waals surface area contributed by atoms with Crippen molar-refractivity contribution in [1.82, 2.24) is 15.3 Å². The summed E-state index contributed by atoms with van der Waals surface area (Å²) >= 11 is 0. The lowest BCUT2D eigenvalue weighted by Crippen LogP contribution is -2.34. The zero-order valence-electron chi connectivity index (χ0n) is 18.0. The predicted octanol–water partition coefficient (Wildman–Crippen LogP) is 5.51. The highest BCUT2D eigenvalue weighted by molar-refractivity contribution is 5.96. The number of pyridine rings is 2. The minimum Gasteiger partial charge on any atom is -0.438 e. The predicted molar refractivity (Wildman–Crippen MR) is 125 cm³/mol. The van der Waals surface area contributed by atoms with Gasteiger partial charge in [-0.3, -0.25) is 4.79 Å². The van der Waals surface area contributed by atoms with Crippen molar-refractivity contribution < 1.29 is 13.9 Å². The zero-order valence-corrected chi connectivity index (χ0v) is 18.0. The maximum absolute atomic E-state index is 13.1. The van der Waals surface area contributed by atoms with E-state index in [0.717, 1.165) is 17.1 Å². The Morgan fingerprint density at radius 3 is 2.42 bits per heavy atom. The molecule has 0 aliphatic carbocycles. The summed E-state index contributed by atoms with van der Waals surface area (Å²) in [6.07, 6.45) is 3.87. The van der Waals surface area contributed by atoms with Crippen LogP contribution >= 0.6 is 0 Å². The van der Waals surface area contributed by atoms with Crippen LogP contribution in [0.5, 0.6) is 11.6 Å². The number of nitrogens with zero attached hydrogens (tertiary/aromatic N) is 2. The molecular formula is C26H23FN4O2. The number of rotatable bonds is 8. The summed E-state index contributed by atoms with van der Waals surface area (Å²) < 4.78 is 19.0. The molecule has 0 saturated carbocycles. The van der Waals surface area contributed by atoms with Gasteiger partial charge in [0.25, 0.3) is 5.91 Å². The molecule has 0 unspecified atom stereocenters. The number of halogens is 1. The van der Waals surface area contributed by atoms with Crippen LogP contribution in [-0.4, -0.2) is 21.9 Å². The first-order valence-electron chi connectivity index (χ1n) is 10.5. The molecule has 6 nitrogen and oxygen atoms in total. The van der Waals surface area contributed by atoms with Crippen molar-refractivity contribution in [3.8, 4) is 11.6 Å². The second-order valence-electron chi connectivity index (χ2n) is 7.53. The van der Waals surface area contributed by atoms with Gasteiger partial charge in [-0.15, -0.1) is 0 Å². The Morgan fingerprint density at radius 1 is 0.939 bits per heavy atom. The monoisotopic (exact) mass is 442 g/mol. The second-order valence-corrected chi connectivity index (χ2v) is 7.53. The molecule has 2 aromatic carbocycles. The topological polar surface area (TPSA) is 76.1 Å². The Kier molecular flexibility index (Phi) is 6.90. The summed E-state index contributed by atoms with van der Waals surface area (Å²) in [6, 6.07) is 22.4. The quantitative estimate of drug-likeness (QED) is 0.376. The van der Waals surface area contributed by atoms with Crippen molar-refractivity contribution in [2.75, 3.05) is 5.32 Å². The molecule has 4 aromatic rings. The molecule has 33 heavy (non-hydrogen) atoms. The Labute approximate surface area is 191 Å². The van der Waals surface area contributed by atoms with Crippen molar-refractivity contribution >= 4 is 17.4 Å². The average molecular weight is 442 g/mol. The molecule has 7 heteroatoms. The Balaban J connectivity index is 1.40. The number of aromatic nitrogens is 2. The summed E-state index contributed by atoms with van der Waals surface area (Å²) in [6.45, 7) is 1.89. The molecule has 2 heterocycles. The van der Waals surface area contributed by atoms with E-state index in [0.29, 0.717) is 17.7 Å². The summed E-state index contributed by atoms with van der Waals surface area (Å²) in [4.78, 5) is 21.3. The van der Waals surface area contributed by atoms with Crippen molar-refractivity contribution in [2.45, 2.75) is 19.4 Å². The number of anilines is 2. The highest BCUT2D eigenvalue weighted by atomic mass is 19.1. The zero-order chi connectivity index (χ0) is 23.0. The number of hydrogen-bond donors (Lipinski definition) is 2. The van der Waals surface area contributed by atoms with Crippen LogP contribution < -0.4 is 15.4 Å². The largest absolute Gasteiger partial charge is 0.438 e. The molecule has 0 spiro atoms. The van der Waals surface area contributed by atoms with Crippen molar-refractivity contribution in [3.05, 3.63) is 108 Å². The number of hydrogen-bond acceptors (Lipinski definition) is 5. The first-order chi connectivity index (χ1) is 16.1. The number of carbonyl (C=O) groups is 1. The molecule has 0 bridgehead atoms. The van der Waals surface area contributed by atoms with E-state index < -0.39 is 0 Å². The molecule has 0 saturated heterocycles. The highest BCUT2D eigenvalue weighted by Crippen LogP contribution is 2.25. The molecule has 1 atom stereocenters. The molecular weight excluding hydrogens is 419 g/mol. The molecule has 0 fully saturated rings. The fraction of sp³-hybridized carbons (Fsp3) is 0.115. The first kappa shape index (κ1) is 22.0. The van der Waals surface area contributed by atoms with E-state index in [4.69, 9.17) is 4.74 Å². The number of amides is 1. The van der Waals surface area contributed by atoms with Gasteiger partial charge < -0.3 is 15.4 Å². The molecule has 1 amide bonds. The SMILES string of the molecule is C[C@H](Cc1ccc(F)cc1)NC(=O)c1cccnc1Oc1ccc(Nc2ccccn2)cc1. The van der Waals surface area contributed by atoms with Gasteiger partial charge in [-0.25, -0.2) is 14.4 Å². The molecule has 2 aromatic heterocycles. The van der Waals surface area contributed by atoms with E-state index in [-0.39, 0.29) is 23.6 Å². The van der Waals surface area contributed by atoms with Crippen LogP contribution in [0.2, 0.25) is 0 Å². The lowest BCUT2D eigenvalue weighted by atomic mass is 10.1. The second kappa shape index (κ2) is 10.4. The summed E-state index contributed by atoms with van der Waals surface area (Å²) in [7, 11) is 0. The molecule has 0 radical (unpaired) electrons. The average Bonchev–Trinajstić information content (AvgIpc) is 2.83. The minimum atomic E-state index is -0.291. The van der Waals surface area contributed by atoms with E-state index in [2.05, 4.69) is 20.6 Å². The van der Waals surface area contributed by atoms with Gasteiger partial charge in [-0.1, -0.05) is 18.2 Å². The molecule has 2 N–H and O–H groups in total. The number of benzene rings is 2.